The van der Waals surface area contributed by atoms with Crippen LogP contribution in [0.4, 0.5) is 13.2 Å². The summed E-state index contributed by atoms with van der Waals surface area (Å²) in [5.74, 6) is -1.15. The Morgan fingerprint density at radius 2 is 1.80 bits per heavy atom. The third-order valence-electron chi connectivity index (χ3n) is 8.14. The molecule has 2 aromatic rings. The Morgan fingerprint density at radius 1 is 1.02 bits per heavy atom. The van der Waals surface area contributed by atoms with Gasteiger partial charge in [-0.25, -0.2) is 8.42 Å². The van der Waals surface area contributed by atoms with E-state index < -0.39 is 50.9 Å². The third kappa shape index (κ3) is 6.76. The van der Waals surface area contributed by atoms with Gasteiger partial charge in [0.1, 0.15) is 6.04 Å². The van der Waals surface area contributed by atoms with Crippen molar-refractivity contribution in [2.45, 2.75) is 74.6 Å². The van der Waals surface area contributed by atoms with Gasteiger partial charge in [-0.2, -0.15) is 17.5 Å². The average Bonchev–Trinajstić information content (AvgIpc) is 2.94. The first-order valence-corrected chi connectivity index (χ1v) is 15.6. The van der Waals surface area contributed by atoms with Crippen molar-refractivity contribution in [3.63, 3.8) is 0 Å². The normalized spacial score (nSPS) is 22.6. The molecular formula is C29H35F3N4O4S. The number of sulfonamides is 1. The van der Waals surface area contributed by atoms with E-state index in [0.717, 1.165) is 60.5 Å². The molecule has 2 aliphatic heterocycles. The number of aryl methyl sites for hydroxylation is 1. The van der Waals surface area contributed by atoms with E-state index in [1.807, 2.05) is 0 Å². The van der Waals surface area contributed by atoms with Gasteiger partial charge in [0.15, 0.2) is 0 Å². The van der Waals surface area contributed by atoms with Crippen LogP contribution in [0.2, 0.25) is 0 Å². The summed E-state index contributed by atoms with van der Waals surface area (Å²) < 4.78 is 67.3. The molecule has 0 radical (unpaired) electrons. The number of nitrogens with zero attached hydrogens (tertiary/aromatic N) is 2. The first-order valence-electron chi connectivity index (χ1n) is 14.1. The van der Waals surface area contributed by atoms with Gasteiger partial charge in [0, 0.05) is 19.6 Å². The maximum absolute atomic E-state index is 13.4. The highest BCUT2D eigenvalue weighted by Crippen LogP contribution is 2.33. The molecule has 1 unspecified atom stereocenters. The average molecular weight is 593 g/mol. The summed E-state index contributed by atoms with van der Waals surface area (Å²) >= 11 is 0. The van der Waals surface area contributed by atoms with Gasteiger partial charge in [0.2, 0.25) is 21.8 Å². The van der Waals surface area contributed by atoms with Gasteiger partial charge >= 0.3 is 6.18 Å². The van der Waals surface area contributed by atoms with E-state index in [9.17, 15) is 31.2 Å². The van der Waals surface area contributed by atoms with Crippen LogP contribution >= 0.6 is 0 Å². The smallest absolute Gasteiger partial charge is 0.353 e. The van der Waals surface area contributed by atoms with Gasteiger partial charge in [0.05, 0.1) is 22.9 Å². The van der Waals surface area contributed by atoms with Crippen LogP contribution in [-0.2, 0) is 38.8 Å². The molecule has 0 spiro atoms. The van der Waals surface area contributed by atoms with E-state index in [1.54, 1.807) is 0 Å². The van der Waals surface area contributed by atoms with Crippen LogP contribution in [0.1, 0.15) is 66.8 Å². The molecule has 2 aromatic carbocycles. The molecule has 1 aliphatic carbocycles. The molecule has 222 valence electrons. The van der Waals surface area contributed by atoms with Crippen molar-refractivity contribution < 1.29 is 31.2 Å². The molecule has 12 heteroatoms. The van der Waals surface area contributed by atoms with Crippen molar-refractivity contribution in [1.82, 2.24) is 19.8 Å². The summed E-state index contributed by atoms with van der Waals surface area (Å²) in [6.07, 6.45) is 1.05. The van der Waals surface area contributed by atoms with Gasteiger partial charge in [-0.1, -0.05) is 30.7 Å². The lowest BCUT2D eigenvalue weighted by molar-refractivity contribution is -0.137. The Kier molecular flexibility index (Phi) is 8.72. The molecule has 8 nitrogen and oxygen atoms in total. The summed E-state index contributed by atoms with van der Waals surface area (Å²) in [7, 11) is -4.48. The topological polar surface area (TPSA) is 98.8 Å². The van der Waals surface area contributed by atoms with Crippen molar-refractivity contribution in [3.05, 3.63) is 64.7 Å². The van der Waals surface area contributed by atoms with Crippen molar-refractivity contribution in [2.24, 2.45) is 0 Å². The number of carbonyl (C=O) groups is 2. The zero-order chi connectivity index (χ0) is 29.2. The second-order valence-electron chi connectivity index (χ2n) is 11.0. The minimum absolute atomic E-state index is 0.00902. The van der Waals surface area contributed by atoms with Crippen LogP contribution in [0.25, 0.3) is 0 Å². The molecule has 2 fully saturated rings. The van der Waals surface area contributed by atoms with Crippen LogP contribution in [0.3, 0.4) is 0 Å². The molecule has 2 amide bonds. The molecule has 2 saturated heterocycles. The van der Waals surface area contributed by atoms with Gasteiger partial charge < -0.3 is 10.6 Å². The first-order chi connectivity index (χ1) is 19.5. The van der Waals surface area contributed by atoms with Crippen LogP contribution in [0, 0.1) is 0 Å². The summed E-state index contributed by atoms with van der Waals surface area (Å²) in [5.41, 5.74) is 2.34. The number of alkyl halides is 3. The van der Waals surface area contributed by atoms with E-state index in [-0.39, 0.29) is 19.1 Å². The molecule has 2 atom stereocenters. The fourth-order valence-corrected chi connectivity index (χ4v) is 7.70. The zero-order valence-electron chi connectivity index (χ0n) is 22.8. The number of likely N-dealkylation sites (tertiary alicyclic amines) is 1. The third-order valence-corrected chi connectivity index (χ3v) is 10.0. The number of hydrogen-bond donors (Lipinski definition) is 2. The molecular weight excluding hydrogens is 557 g/mol. The number of fused-ring (bicyclic) bond motifs is 1. The largest absolute Gasteiger partial charge is 0.416 e. The quantitative estimate of drug-likeness (QED) is 0.510. The molecule has 0 saturated carbocycles. The van der Waals surface area contributed by atoms with Crippen molar-refractivity contribution in [2.75, 3.05) is 26.2 Å². The molecule has 0 bridgehead atoms. The number of carbonyl (C=O) groups excluding carboxylic acids is 2. The number of piperazine rings is 1. The minimum Gasteiger partial charge on any atom is -0.353 e. The summed E-state index contributed by atoms with van der Waals surface area (Å²) in [6, 6.07) is 8.12. The number of nitrogens with one attached hydrogen (secondary N) is 2. The van der Waals surface area contributed by atoms with E-state index in [4.69, 9.17) is 0 Å². The molecule has 3 aliphatic rings. The van der Waals surface area contributed by atoms with Gasteiger partial charge in [0.25, 0.3) is 0 Å². The fourth-order valence-electron chi connectivity index (χ4n) is 6.06. The standard InChI is InChI=1S/C29H35F3N4O4S/c30-29(31,32)22-7-5-8-23(17-22)41(39,40)36-15-12-33-28(38)26(36)18-27(37)34-25-9-4-6-21-16-20(10-11-24(21)25)19-35-13-2-1-3-14-35/h5,7-8,10-11,16-17,25-26H,1-4,6,9,12-15,18-19H2,(H,33,38)(H,34,37)/t25-,26?/m1/s1. The number of amides is 2. The van der Waals surface area contributed by atoms with Crippen LogP contribution in [0.15, 0.2) is 47.4 Å². The second-order valence-corrected chi connectivity index (χ2v) is 12.9. The predicted molar refractivity (Wildman–Crippen MR) is 146 cm³/mol. The van der Waals surface area contributed by atoms with Crippen molar-refractivity contribution >= 4 is 21.8 Å². The maximum atomic E-state index is 13.4. The monoisotopic (exact) mass is 592 g/mol. The summed E-state index contributed by atoms with van der Waals surface area (Å²) in [4.78, 5) is 27.8. The molecule has 5 rings (SSSR count). The molecule has 2 N–H and O–H groups in total. The minimum atomic E-state index is -4.73. The van der Waals surface area contributed by atoms with Crippen LogP contribution in [-0.4, -0.2) is 61.7 Å². The van der Waals surface area contributed by atoms with Gasteiger partial charge in [-0.15, -0.1) is 0 Å². The zero-order valence-corrected chi connectivity index (χ0v) is 23.6. The molecule has 2 heterocycles. The Balaban J connectivity index is 1.29. The predicted octanol–water partition coefficient (Wildman–Crippen LogP) is 3.76. The fraction of sp³-hybridized carbons (Fsp3) is 0.517. The maximum Gasteiger partial charge on any atom is 0.416 e. The Morgan fingerprint density at radius 3 is 2.56 bits per heavy atom. The highest BCUT2D eigenvalue weighted by atomic mass is 32.2. The molecule has 41 heavy (non-hydrogen) atoms. The van der Waals surface area contributed by atoms with E-state index in [0.29, 0.717) is 12.5 Å². The number of rotatable bonds is 7. The highest BCUT2D eigenvalue weighted by Gasteiger charge is 2.41. The second kappa shape index (κ2) is 12.1. The number of benzene rings is 2. The lowest BCUT2D eigenvalue weighted by Crippen LogP contribution is -2.58. The first kappa shape index (κ1) is 29.5. The van der Waals surface area contributed by atoms with Gasteiger partial charge in [-0.3, -0.25) is 14.5 Å². The van der Waals surface area contributed by atoms with Gasteiger partial charge in [-0.05, 0) is 80.1 Å². The summed E-state index contributed by atoms with van der Waals surface area (Å²) in [5, 5.41) is 5.56. The molecule has 0 aromatic heterocycles. The van der Waals surface area contributed by atoms with Crippen LogP contribution < -0.4 is 10.6 Å². The lowest BCUT2D eigenvalue weighted by Gasteiger charge is -2.34. The number of hydrogen-bond acceptors (Lipinski definition) is 5. The van der Waals surface area contributed by atoms with E-state index in [1.165, 1.54) is 30.4 Å². The van der Waals surface area contributed by atoms with Crippen molar-refractivity contribution in [1.29, 1.82) is 0 Å². The number of halogens is 3. The van der Waals surface area contributed by atoms with Crippen molar-refractivity contribution in [3.8, 4) is 0 Å². The summed E-state index contributed by atoms with van der Waals surface area (Å²) in [6.45, 7) is 2.94. The Bertz CT molecular complexity index is 1390. The van der Waals surface area contributed by atoms with E-state index >= 15 is 0 Å². The van der Waals surface area contributed by atoms with E-state index in [2.05, 4.69) is 33.7 Å². The lowest BCUT2D eigenvalue weighted by atomic mass is 9.86. The SMILES string of the molecule is O=C(CC1C(=O)NCCN1S(=O)(=O)c1cccc(C(F)(F)F)c1)N[C@@H]1CCCc2cc(CN3CCCCC3)ccc21. The number of piperidine rings is 1. The Hall–Kier alpha value is -2.96. The Labute approximate surface area is 238 Å². The van der Waals surface area contributed by atoms with Crippen LogP contribution in [0.5, 0.6) is 0 Å². The highest BCUT2D eigenvalue weighted by molar-refractivity contribution is 7.89.